The molecule has 30 heavy (non-hydrogen) atoms. The first kappa shape index (κ1) is 18.9. The van der Waals surface area contributed by atoms with E-state index in [9.17, 15) is 0 Å². The van der Waals surface area contributed by atoms with Crippen LogP contribution in [0.1, 0.15) is 30.9 Å². The first-order valence-corrected chi connectivity index (χ1v) is 10.6. The van der Waals surface area contributed by atoms with Crippen LogP contribution in [0.25, 0.3) is 0 Å². The molecule has 3 aromatic rings. The van der Waals surface area contributed by atoms with Gasteiger partial charge in [-0.15, -0.1) is 0 Å². The van der Waals surface area contributed by atoms with E-state index >= 15 is 0 Å². The Hall–Kier alpha value is -3.06. The van der Waals surface area contributed by atoms with Gasteiger partial charge in [-0.2, -0.15) is 5.10 Å². The number of aromatic nitrogens is 3. The van der Waals surface area contributed by atoms with Crippen LogP contribution in [0.5, 0.6) is 11.5 Å². The van der Waals surface area contributed by atoms with Crippen LogP contribution in [0.3, 0.4) is 0 Å². The molecule has 1 fully saturated rings. The SMILES string of the molecule is c1ccc([C@H](CCn2cncn2)NC2CCN(c3ccc4c(c3)OCO4)CC2)cc1. The summed E-state index contributed by atoms with van der Waals surface area (Å²) < 4.78 is 12.9. The van der Waals surface area contributed by atoms with Crippen molar-refractivity contribution in [2.75, 3.05) is 24.8 Å². The van der Waals surface area contributed by atoms with Crippen molar-refractivity contribution in [1.29, 1.82) is 0 Å². The number of rotatable bonds is 7. The van der Waals surface area contributed by atoms with Crippen molar-refractivity contribution in [3.63, 3.8) is 0 Å². The van der Waals surface area contributed by atoms with Crippen LogP contribution < -0.4 is 19.7 Å². The molecule has 1 N–H and O–H groups in total. The lowest BCUT2D eigenvalue weighted by atomic mass is 9.98. The smallest absolute Gasteiger partial charge is 0.231 e. The molecular formula is C23H27N5O2. The van der Waals surface area contributed by atoms with Gasteiger partial charge >= 0.3 is 0 Å². The van der Waals surface area contributed by atoms with Crippen molar-refractivity contribution >= 4 is 5.69 Å². The van der Waals surface area contributed by atoms with E-state index in [2.05, 4.69) is 62.8 Å². The van der Waals surface area contributed by atoms with Crippen molar-refractivity contribution in [2.45, 2.75) is 37.9 Å². The maximum absolute atomic E-state index is 5.54. The lowest BCUT2D eigenvalue weighted by Crippen LogP contribution is -2.44. The Morgan fingerprint density at radius 3 is 2.67 bits per heavy atom. The van der Waals surface area contributed by atoms with Crippen LogP contribution in [-0.2, 0) is 6.54 Å². The number of aryl methyl sites for hydroxylation is 1. The fraction of sp³-hybridized carbons (Fsp3) is 0.391. The molecule has 0 saturated carbocycles. The summed E-state index contributed by atoms with van der Waals surface area (Å²) in [5.74, 6) is 1.69. The third kappa shape index (κ3) is 4.26. The number of nitrogens with zero attached hydrogens (tertiary/aromatic N) is 4. The number of fused-ring (bicyclic) bond motifs is 1. The fourth-order valence-corrected chi connectivity index (χ4v) is 4.31. The summed E-state index contributed by atoms with van der Waals surface area (Å²) in [5.41, 5.74) is 2.54. The highest BCUT2D eigenvalue weighted by Gasteiger charge is 2.24. The highest BCUT2D eigenvalue weighted by molar-refractivity contribution is 5.57. The average Bonchev–Trinajstić information content (AvgIpc) is 3.49. The van der Waals surface area contributed by atoms with E-state index in [1.807, 2.05) is 10.7 Å². The van der Waals surface area contributed by atoms with Gasteiger partial charge in [0.05, 0.1) is 0 Å². The van der Waals surface area contributed by atoms with E-state index in [1.165, 1.54) is 11.3 Å². The van der Waals surface area contributed by atoms with Gasteiger partial charge in [0, 0.05) is 43.5 Å². The second-order valence-corrected chi connectivity index (χ2v) is 7.88. The molecule has 3 heterocycles. The van der Waals surface area contributed by atoms with Crippen LogP contribution in [0.15, 0.2) is 61.2 Å². The molecule has 0 radical (unpaired) electrons. The highest BCUT2D eigenvalue weighted by Crippen LogP contribution is 2.36. The summed E-state index contributed by atoms with van der Waals surface area (Å²) in [6.45, 7) is 3.23. The Labute approximate surface area is 176 Å². The van der Waals surface area contributed by atoms with Crippen molar-refractivity contribution in [3.05, 3.63) is 66.7 Å². The number of hydrogen-bond donors (Lipinski definition) is 1. The topological polar surface area (TPSA) is 64.4 Å². The number of nitrogens with one attached hydrogen (secondary N) is 1. The lowest BCUT2D eigenvalue weighted by molar-refractivity contribution is 0.174. The van der Waals surface area contributed by atoms with Gasteiger partial charge in [-0.05, 0) is 37.0 Å². The zero-order chi connectivity index (χ0) is 20.2. The molecule has 0 amide bonds. The molecule has 1 aromatic heterocycles. The second-order valence-electron chi connectivity index (χ2n) is 7.88. The Bertz CT molecular complexity index is 939. The fourth-order valence-electron chi connectivity index (χ4n) is 4.31. The molecule has 2 aliphatic heterocycles. The van der Waals surface area contributed by atoms with Gasteiger partial charge in [-0.3, -0.25) is 4.68 Å². The normalized spacial score (nSPS) is 17.3. The maximum Gasteiger partial charge on any atom is 0.231 e. The minimum atomic E-state index is 0.303. The largest absolute Gasteiger partial charge is 0.454 e. The molecule has 156 valence electrons. The zero-order valence-electron chi connectivity index (χ0n) is 17.0. The summed E-state index contributed by atoms with van der Waals surface area (Å²) in [6.07, 6.45) is 6.58. The summed E-state index contributed by atoms with van der Waals surface area (Å²) in [4.78, 5) is 6.49. The van der Waals surface area contributed by atoms with Crippen molar-refractivity contribution < 1.29 is 9.47 Å². The van der Waals surface area contributed by atoms with Gasteiger partial charge in [0.15, 0.2) is 11.5 Å². The quantitative estimate of drug-likeness (QED) is 0.650. The van der Waals surface area contributed by atoms with Crippen LogP contribution in [-0.4, -0.2) is 40.7 Å². The van der Waals surface area contributed by atoms with Crippen LogP contribution in [0, 0.1) is 0 Å². The van der Waals surface area contributed by atoms with E-state index in [0.29, 0.717) is 18.9 Å². The second kappa shape index (κ2) is 8.75. The van der Waals surface area contributed by atoms with E-state index in [-0.39, 0.29) is 0 Å². The molecule has 2 aliphatic rings. The minimum Gasteiger partial charge on any atom is -0.454 e. The average molecular weight is 406 g/mol. The Balaban J connectivity index is 1.20. The van der Waals surface area contributed by atoms with Crippen molar-refractivity contribution in [2.24, 2.45) is 0 Å². The molecule has 0 bridgehead atoms. The van der Waals surface area contributed by atoms with Crippen molar-refractivity contribution in [1.82, 2.24) is 20.1 Å². The predicted molar refractivity (Wildman–Crippen MR) is 115 cm³/mol. The Morgan fingerprint density at radius 1 is 1.03 bits per heavy atom. The number of benzene rings is 2. The molecule has 1 atom stereocenters. The van der Waals surface area contributed by atoms with Crippen molar-refractivity contribution in [3.8, 4) is 11.5 Å². The van der Waals surface area contributed by atoms with Crippen LogP contribution in [0.2, 0.25) is 0 Å². The van der Waals surface area contributed by atoms with Gasteiger partial charge < -0.3 is 19.7 Å². The standard InChI is InChI=1S/C23H27N5O2/c1-2-4-18(5-3-1)21(10-13-28-16-24-15-25-28)26-19-8-11-27(12-9-19)20-6-7-22-23(14-20)30-17-29-22/h1-7,14-16,19,21,26H,8-13,17H2/t21-/m0/s1. The first-order valence-electron chi connectivity index (χ1n) is 10.6. The lowest BCUT2D eigenvalue weighted by Gasteiger charge is -2.36. The minimum absolute atomic E-state index is 0.303. The van der Waals surface area contributed by atoms with Gasteiger partial charge in [0.2, 0.25) is 6.79 Å². The van der Waals surface area contributed by atoms with E-state index in [0.717, 1.165) is 50.4 Å². The number of anilines is 1. The molecule has 7 heteroatoms. The van der Waals surface area contributed by atoms with Gasteiger partial charge in [0.25, 0.3) is 0 Å². The third-order valence-electron chi connectivity index (χ3n) is 5.97. The molecule has 1 saturated heterocycles. The number of ether oxygens (including phenoxy) is 2. The Kier molecular flexibility index (Phi) is 5.52. The molecule has 0 unspecified atom stereocenters. The molecule has 7 nitrogen and oxygen atoms in total. The van der Waals surface area contributed by atoms with Gasteiger partial charge in [0.1, 0.15) is 12.7 Å². The monoisotopic (exact) mass is 405 g/mol. The van der Waals surface area contributed by atoms with E-state index < -0.39 is 0 Å². The molecule has 0 aliphatic carbocycles. The highest BCUT2D eigenvalue weighted by atomic mass is 16.7. The van der Waals surface area contributed by atoms with Crippen LogP contribution >= 0.6 is 0 Å². The summed E-state index contributed by atoms with van der Waals surface area (Å²) in [7, 11) is 0. The maximum atomic E-state index is 5.54. The zero-order valence-corrected chi connectivity index (χ0v) is 17.0. The molecule has 5 rings (SSSR count). The molecular weight excluding hydrogens is 378 g/mol. The number of hydrogen-bond acceptors (Lipinski definition) is 6. The van der Waals surface area contributed by atoms with Gasteiger partial charge in [-0.1, -0.05) is 30.3 Å². The van der Waals surface area contributed by atoms with E-state index in [1.54, 1.807) is 12.7 Å². The number of piperidine rings is 1. The van der Waals surface area contributed by atoms with E-state index in [4.69, 9.17) is 9.47 Å². The first-order chi connectivity index (χ1) is 14.8. The van der Waals surface area contributed by atoms with Gasteiger partial charge in [-0.25, -0.2) is 4.98 Å². The summed E-state index contributed by atoms with van der Waals surface area (Å²) >= 11 is 0. The van der Waals surface area contributed by atoms with Crippen LogP contribution in [0.4, 0.5) is 5.69 Å². The summed E-state index contributed by atoms with van der Waals surface area (Å²) in [6, 6.07) is 17.8. The molecule has 0 spiro atoms. The Morgan fingerprint density at radius 2 is 1.87 bits per heavy atom. The summed E-state index contributed by atoms with van der Waals surface area (Å²) in [5, 5.41) is 8.16. The third-order valence-corrected chi connectivity index (χ3v) is 5.97. The molecule has 2 aromatic carbocycles. The predicted octanol–water partition coefficient (Wildman–Crippen LogP) is 3.40.